The van der Waals surface area contributed by atoms with Crippen LogP contribution in [0.15, 0.2) is 0 Å². The Labute approximate surface area is 281 Å². The van der Waals surface area contributed by atoms with Crippen molar-refractivity contribution in [2.45, 2.75) is 200 Å². The van der Waals surface area contributed by atoms with Gasteiger partial charge < -0.3 is 18.9 Å². The molecular weight excluding hydrogens is 592 g/mol. The highest BCUT2D eigenvalue weighted by Gasteiger charge is 2.20. The second-order valence-electron chi connectivity index (χ2n) is 12.6. The van der Waals surface area contributed by atoms with Crippen LogP contribution < -0.4 is 0 Å². The van der Waals surface area contributed by atoms with Gasteiger partial charge in [-0.3, -0.25) is 9.59 Å². The summed E-state index contributed by atoms with van der Waals surface area (Å²) in [5.41, 5.74) is 0. The van der Waals surface area contributed by atoms with Crippen molar-refractivity contribution in [1.29, 1.82) is 0 Å². The first-order valence-corrected chi connectivity index (χ1v) is 19.3. The SMILES string of the molecule is CCCCCCCCCCCCCCCC(=O)OCC(COC(=O)CCCCCCCCCCCCCCC)OC(=O)OCCl. The van der Waals surface area contributed by atoms with Gasteiger partial charge in [0.15, 0.2) is 12.2 Å². The van der Waals surface area contributed by atoms with Gasteiger partial charge >= 0.3 is 18.1 Å². The van der Waals surface area contributed by atoms with Crippen molar-refractivity contribution >= 4 is 29.7 Å². The number of esters is 2. The van der Waals surface area contributed by atoms with E-state index in [4.69, 9.17) is 25.8 Å². The third-order valence-electron chi connectivity index (χ3n) is 8.26. The monoisotopic (exact) mass is 660 g/mol. The zero-order valence-corrected chi connectivity index (χ0v) is 30.0. The van der Waals surface area contributed by atoms with Gasteiger partial charge in [-0.05, 0) is 12.8 Å². The molecule has 0 unspecified atom stereocenters. The van der Waals surface area contributed by atoms with E-state index in [1.165, 1.54) is 128 Å². The molecule has 0 aromatic rings. The zero-order valence-electron chi connectivity index (χ0n) is 29.2. The smallest absolute Gasteiger partial charge is 0.462 e. The van der Waals surface area contributed by atoms with E-state index < -0.39 is 12.3 Å². The molecule has 0 bridgehead atoms. The van der Waals surface area contributed by atoms with Crippen LogP contribution in [0, 0.1) is 0 Å². The average Bonchev–Trinajstić information content (AvgIpc) is 3.03. The van der Waals surface area contributed by atoms with Gasteiger partial charge in [0.2, 0.25) is 0 Å². The largest absolute Gasteiger partial charge is 0.510 e. The van der Waals surface area contributed by atoms with E-state index >= 15 is 0 Å². The lowest BCUT2D eigenvalue weighted by molar-refractivity contribution is -0.153. The highest BCUT2D eigenvalue weighted by molar-refractivity contribution is 6.17. The molecule has 0 atom stereocenters. The van der Waals surface area contributed by atoms with Crippen molar-refractivity contribution in [3.05, 3.63) is 0 Å². The van der Waals surface area contributed by atoms with Gasteiger partial charge in [0.25, 0.3) is 0 Å². The van der Waals surface area contributed by atoms with E-state index in [0.29, 0.717) is 12.8 Å². The number of alkyl halides is 1. The Morgan fingerprint density at radius 3 is 1.02 bits per heavy atom. The fourth-order valence-corrected chi connectivity index (χ4v) is 5.51. The summed E-state index contributed by atoms with van der Waals surface area (Å²) in [6.07, 6.45) is 30.9. The Balaban J connectivity index is 3.92. The summed E-state index contributed by atoms with van der Waals surface area (Å²) in [5, 5.41) is 0. The topological polar surface area (TPSA) is 88.1 Å². The van der Waals surface area contributed by atoms with E-state index in [9.17, 15) is 14.4 Å². The first kappa shape index (κ1) is 43.5. The van der Waals surface area contributed by atoms with E-state index in [1.807, 2.05) is 0 Å². The van der Waals surface area contributed by atoms with Gasteiger partial charge in [0.1, 0.15) is 13.2 Å². The van der Waals surface area contributed by atoms with Crippen molar-refractivity contribution in [3.63, 3.8) is 0 Å². The molecule has 0 aliphatic rings. The lowest BCUT2D eigenvalue weighted by atomic mass is 10.0. The van der Waals surface area contributed by atoms with Gasteiger partial charge in [-0.1, -0.05) is 180 Å². The van der Waals surface area contributed by atoms with Crippen LogP contribution in [-0.4, -0.2) is 43.5 Å². The number of carbonyl (C=O) groups is 3. The van der Waals surface area contributed by atoms with E-state index in [1.54, 1.807) is 0 Å². The zero-order chi connectivity index (χ0) is 33.1. The molecular formula is C37H69ClO7. The number of hydrogen-bond donors (Lipinski definition) is 0. The van der Waals surface area contributed by atoms with Gasteiger partial charge in [-0.15, -0.1) is 0 Å². The van der Waals surface area contributed by atoms with Crippen LogP contribution in [0.4, 0.5) is 4.79 Å². The van der Waals surface area contributed by atoms with Crippen molar-refractivity contribution in [3.8, 4) is 0 Å². The molecule has 0 aromatic heterocycles. The second-order valence-corrected chi connectivity index (χ2v) is 12.8. The molecule has 7 nitrogen and oxygen atoms in total. The van der Waals surface area contributed by atoms with Crippen molar-refractivity contribution in [2.75, 3.05) is 19.3 Å². The minimum Gasteiger partial charge on any atom is -0.462 e. The molecule has 0 aliphatic heterocycles. The lowest BCUT2D eigenvalue weighted by Gasteiger charge is -2.17. The summed E-state index contributed by atoms with van der Waals surface area (Å²) in [6, 6.07) is -0.358. The number of halogens is 1. The van der Waals surface area contributed by atoms with Crippen LogP contribution in [0.2, 0.25) is 0 Å². The van der Waals surface area contributed by atoms with Crippen molar-refractivity contribution in [2.24, 2.45) is 0 Å². The number of unbranched alkanes of at least 4 members (excludes halogenated alkanes) is 24. The highest BCUT2D eigenvalue weighted by Crippen LogP contribution is 2.15. The minimum absolute atomic E-state index is 0.194. The summed E-state index contributed by atoms with van der Waals surface area (Å²) >= 11 is 5.43. The molecule has 0 fully saturated rings. The standard InChI is InChI=1S/C37H69ClO7/c1-3-5-7-9-11-13-15-17-19-21-23-25-27-29-35(39)42-31-34(45-37(41)44-33-38)32-43-36(40)30-28-26-24-22-20-18-16-14-12-10-8-6-4-2/h34H,3-33H2,1-2H3. The summed E-state index contributed by atoms with van der Waals surface area (Å²) in [4.78, 5) is 36.2. The first-order valence-electron chi connectivity index (χ1n) is 18.7. The molecule has 0 aliphatic carbocycles. The van der Waals surface area contributed by atoms with E-state index in [0.717, 1.165) is 38.5 Å². The fourth-order valence-electron chi connectivity index (χ4n) is 5.42. The van der Waals surface area contributed by atoms with Crippen molar-refractivity contribution in [1.82, 2.24) is 0 Å². The molecule has 0 saturated heterocycles. The molecule has 0 radical (unpaired) electrons. The molecule has 0 amide bonds. The summed E-state index contributed by atoms with van der Waals surface area (Å²) in [7, 11) is 0. The number of rotatable bonds is 34. The number of ether oxygens (including phenoxy) is 4. The van der Waals surface area contributed by atoms with E-state index in [2.05, 4.69) is 18.6 Å². The molecule has 0 rings (SSSR count). The predicted octanol–water partition coefficient (Wildman–Crippen LogP) is 11.8. The van der Waals surface area contributed by atoms with Crippen LogP contribution >= 0.6 is 11.6 Å². The fraction of sp³-hybridized carbons (Fsp3) is 0.919. The molecule has 45 heavy (non-hydrogen) atoms. The van der Waals surface area contributed by atoms with E-state index in [-0.39, 0.29) is 31.2 Å². The second kappa shape index (κ2) is 35.4. The molecule has 266 valence electrons. The first-order chi connectivity index (χ1) is 22.0. The molecule has 0 heterocycles. The Morgan fingerprint density at radius 2 is 0.733 bits per heavy atom. The molecule has 0 spiro atoms. The minimum atomic E-state index is -0.991. The summed E-state index contributed by atoms with van der Waals surface area (Å²) < 4.78 is 20.4. The Kier molecular flexibility index (Phi) is 34.2. The number of carbonyl (C=O) groups excluding carboxylic acids is 3. The molecule has 0 aromatic carbocycles. The van der Waals surface area contributed by atoms with Crippen LogP contribution in [0.5, 0.6) is 0 Å². The highest BCUT2D eigenvalue weighted by atomic mass is 35.5. The molecule has 8 heteroatoms. The maximum atomic E-state index is 12.2. The van der Waals surface area contributed by atoms with Crippen LogP contribution in [0.1, 0.15) is 194 Å². The van der Waals surface area contributed by atoms with Gasteiger partial charge in [-0.25, -0.2) is 4.79 Å². The quantitative estimate of drug-likeness (QED) is 0.0293. The number of hydrogen-bond acceptors (Lipinski definition) is 7. The third kappa shape index (κ3) is 33.7. The van der Waals surface area contributed by atoms with Crippen LogP contribution in [0.3, 0.4) is 0 Å². The third-order valence-corrected chi connectivity index (χ3v) is 8.37. The normalized spacial score (nSPS) is 11.1. The molecule has 0 N–H and O–H groups in total. The predicted molar refractivity (Wildman–Crippen MR) is 185 cm³/mol. The van der Waals surface area contributed by atoms with Gasteiger partial charge in [-0.2, -0.15) is 0 Å². The van der Waals surface area contributed by atoms with Gasteiger partial charge in [0, 0.05) is 12.8 Å². The van der Waals surface area contributed by atoms with Crippen LogP contribution in [0.25, 0.3) is 0 Å². The van der Waals surface area contributed by atoms with Crippen molar-refractivity contribution < 1.29 is 33.3 Å². The molecule has 0 saturated carbocycles. The maximum Gasteiger partial charge on any atom is 0.510 e. The Hall–Kier alpha value is -1.50. The summed E-state index contributed by atoms with van der Waals surface area (Å²) in [6.45, 7) is 4.11. The van der Waals surface area contributed by atoms with Gasteiger partial charge in [0.05, 0.1) is 0 Å². The Morgan fingerprint density at radius 1 is 0.444 bits per heavy atom. The average molecular weight is 661 g/mol. The van der Waals surface area contributed by atoms with Crippen LogP contribution in [-0.2, 0) is 28.5 Å². The Bertz CT molecular complexity index is 627. The lowest BCUT2D eigenvalue weighted by Crippen LogP contribution is -2.31. The summed E-state index contributed by atoms with van der Waals surface area (Å²) in [5.74, 6) is -0.702. The maximum absolute atomic E-state index is 12.2.